The Morgan fingerprint density at radius 3 is 2.65 bits per heavy atom. The van der Waals surface area contributed by atoms with Gasteiger partial charge in [0.05, 0.1) is 9.74 Å². The van der Waals surface area contributed by atoms with Gasteiger partial charge in [-0.15, -0.1) is 0 Å². The van der Waals surface area contributed by atoms with Crippen LogP contribution in [0.3, 0.4) is 0 Å². The van der Waals surface area contributed by atoms with Gasteiger partial charge in [-0.05, 0) is 78.4 Å². The number of nitrogens with zero attached hydrogens (tertiary/aromatic N) is 6. The van der Waals surface area contributed by atoms with Crippen molar-refractivity contribution < 1.29 is 14.4 Å². The van der Waals surface area contributed by atoms with E-state index in [0.717, 1.165) is 38.9 Å². The molecule has 1 saturated heterocycles. The molecule has 43 heavy (non-hydrogen) atoms. The highest BCUT2D eigenvalue weighted by Crippen LogP contribution is 2.36. The van der Waals surface area contributed by atoms with Gasteiger partial charge in [0.2, 0.25) is 11.8 Å². The number of ketones is 1. The topological polar surface area (TPSA) is 114 Å². The summed E-state index contributed by atoms with van der Waals surface area (Å²) in [6.07, 6.45) is 5.98. The zero-order chi connectivity index (χ0) is 30.6. The Labute approximate surface area is 270 Å². The maximum absolute atomic E-state index is 13.9. The number of halogens is 2. The Hall–Kier alpha value is -3.65. The molecule has 0 unspecified atom stereocenters. The smallest absolute Gasteiger partial charge is 0.248 e. The lowest BCUT2D eigenvalue weighted by Crippen LogP contribution is -2.46. The number of rotatable bonds is 6. The monoisotopic (exact) mass is 753 g/mol. The summed E-state index contributed by atoms with van der Waals surface area (Å²) in [4.78, 5) is 50.6. The first-order valence-electron chi connectivity index (χ1n) is 13.9. The van der Waals surface area contributed by atoms with Crippen molar-refractivity contribution in [1.82, 2.24) is 29.0 Å². The van der Waals surface area contributed by atoms with Crippen LogP contribution in [0.1, 0.15) is 41.9 Å². The second kappa shape index (κ2) is 11.5. The maximum Gasteiger partial charge on any atom is 0.248 e. The number of amides is 2. The molecule has 1 N–H and O–H groups in total. The molecule has 1 fully saturated rings. The lowest BCUT2D eigenvalue weighted by Gasteiger charge is -2.28. The third-order valence-corrected chi connectivity index (χ3v) is 10.2. The number of aryl methyl sites for hydroxylation is 2. The highest BCUT2D eigenvalue weighted by Gasteiger charge is 2.44. The number of carbonyl (C=O) groups excluding carboxylic acids is 3. The van der Waals surface area contributed by atoms with Gasteiger partial charge < -0.3 is 14.8 Å². The minimum atomic E-state index is -0.640. The van der Waals surface area contributed by atoms with E-state index in [1.165, 1.54) is 6.92 Å². The van der Waals surface area contributed by atoms with Crippen LogP contribution in [-0.2, 0) is 16.1 Å². The molecule has 1 aliphatic rings. The predicted octanol–water partition coefficient (Wildman–Crippen LogP) is 5.96. The maximum atomic E-state index is 13.9. The Morgan fingerprint density at radius 1 is 1.09 bits per heavy atom. The molecule has 5 heterocycles. The quantitative estimate of drug-likeness (QED) is 0.0753. The van der Waals surface area contributed by atoms with Crippen LogP contribution in [0, 0.1) is 19.8 Å². The first kappa shape index (κ1) is 29.4. The van der Waals surface area contributed by atoms with Crippen LogP contribution in [0.15, 0.2) is 59.6 Å². The fourth-order valence-corrected chi connectivity index (χ4v) is 6.96. The lowest BCUT2D eigenvalue weighted by atomic mass is 10.0. The highest BCUT2D eigenvalue weighted by molar-refractivity contribution is 14.1. The summed E-state index contributed by atoms with van der Waals surface area (Å²) < 4.78 is 4.00. The van der Waals surface area contributed by atoms with Crippen LogP contribution in [0.2, 0.25) is 0 Å². The largest absolute Gasteiger partial charge is 0.337 e. The molecule has 4 aromatic heterocycles. The van der Waals surface area contributed by atoms with Crippen LogP contribution >= 0.6 is 38.5 Å². The molecule has 0 bridgehead atoms. The molecule has 0 radical (unpaired) electrons. The minimum absolute atomic E-state index is 0.00658. The molecular weight excluding hydrogens is 725 g/mol. The van der Waals surface area contributed by atoms with E-state index < -0.39 is 6.04 Å². The summed E-state index contributed by atoms with van der Waals surface area (Å²) >= 11 is 5.61. The molecule has 220 valence electrons. The number of Topliss-reactive ketones (excluding diaryl/α,β-unsaturated/α-hetero) is 1. The minimum Gasteiger partial charge on any atom is -0.337 e. The highest BCUT2D eigenvalue weighted by atomic mass is 127. The number of hydrogen-bond acceptors (Lipinski definition) is 6. The van der Waals surface area contributed by atoms with Crippen LogP contribution in [0.4, 0.5) is 5.82 Å². The summed E-state index contributed by atoms with van der Waals surface area (Å²) in [5.74, 6) is 0.0326. The SMILES string of the molecule is CC(=O)c1cn(CC(=O)N2[C@H](I)[C@@H](C)C[C@H]2C(=O)Nc2nc(Br)ccc2C)c2ccc(-c3cnc4cc(C)nn4c3)cc12. The molecule has 1 aromatic carbocycles. The molecule has 6 rings (SSSR count). The molecular formula is C31H29BrIN7O3. The van der Waals surface area contributed by atoms with Gasteiger partial charge in [-0.1, -0.05) is 41.6 Å². The van der Waals surface area contributed by atoms with Crippen molar-refractivity contribution >= 4 is 78.5 Å². The van der Waals surface area contributed by atoms with Crippen molar-refractivity contribution in [1.29, 1.82) is 0 Å². The van der Waals surface area contributed by atoms with E-state index in [0.29, 0.717) is 22.4 Å². The molecule has 2 amide bonds. The molecule has 10 nitrogen and oxygen atoms in total. The number of anilines is 1. The molecule has 0 spiro atoms. The van der Waals surface area contributed by atoms with Crippen molar-refractivity contribution in [2.24, 2.45) is 5.92 Å². The fourth-order valence-electron chi connectivity index (χ4n) is 5.66. The lowest BCUT2D eigenvalue weighted by molar-refractivity contribution is -0.137. The Morgan fingerprint density at radius 2 is 1.88 bits per heavy atom. The number of hydrogen-bond donors (Lipinski definition) is 1. The Balaban J connectivity index is 1.30. The van der Waals surface area contributed by atoms with Crippen molar-refractivity contribution in [3.8, 4) is 11.1 Å². The van der Waals surface area contributed by atoms with Gasteiger partial charge in [0.1, 0.15) is 23.0 Å². The van der Waals surface area contributed by atoms with Gasteiger partial charge in [-0.2, -0.15) is 5.10 Å². The molecule has 12 heteroatoms. The molecule has 3 atom stereocenters. The van der Waals surface area contributed by atoms with E-state index in [-0.39, 0.29) is 34.1 Å². The zero-order valence-corrected chi connectivity index (χ0v) is 27.7. The number of likely N-dealkylation sites (tertiary alicyclic amines) is 1. The van der Waals surface area contributed by atoms with E-state index in [1.807, 2.05) is 63.4 Å². The number of benzene rings is 1. The molecule has 0 saturated carbocycles. The summed E-state index contributed by atoms with van der Waals surface area (Å²) in [5, 5.41) is 8.14. The number of pyridine rings is 1. The molecule has 5 aromatic rings. The van der Waals surface area contributed by atoms with Crippen molar-refractivity contribution in [2.45, 2.75) is 50.8 Å². The summed E-state index contributed by atoms with van der Waals surface area (Å²) in [6, 6.07) is 10.8. The summed E-state index contributed by atoms with van der Waals surface area (Å²) in [5.41, 5.74) is 5.50. The third kappa shape index (κ3) is 5.57. The number of carbonyl (C=O) groups is 3. The van der Waals surface area contributed by atoms with Crippen molar-refractivity contribution in [3.63, 3.8) is 0 Å². The van der Waals surface area contributed by atoms with Gasteiger partial charge in [0.15, 0.2) is 11.4 Å². The second-order valence-corrected chi connectivity index (χ2v) is 13.2. The van der Waals surface area contributed by atoms with Crippen LogP contribution in [-0.4, -0.2) is 56.7 Å². The Bertz CT molecular complexity index is 1930. The van der Waals surface area contributed by atoms with Gasteiger partial charge in [-0.25, -0.2) is 14.5 Å². The number of alkyl halides is 1. The first-order chi connectivity index (χ1) is 20.5. The summed E-state index contributed by atoms with van der Waals surface area (Å²) in [7, 11) is 0. The number of nitrogens with one attached hydrogen (secondary N) is 1. The molecule has 0 aliphatic carbocycles. The van der Waals surface area contributed by atoms with E-state index >= 15 is 0 Å². The van der Waals surface area contributed by atoms with Crippen LogP contribution in [0.5, 0.6) is 0 Å². The van der Waals surface area contributed by atoms with Gasteiger partial charge >= 0.3 is 0 Å². The van der Waals surface area contributed by atoms with E-state index in [4.69, 9.17) is 0 Å². The van der Waals surface area contributed by atoms with Crippen molar-refractivity contribution in [3.05, 3.63) is 76.4 Å². The van der Waals surface area contributed by atoms with E-state index in [9.17, 15) is 14.4 Å². The number of fused-ring (bicyclic) bond motifs is 2. The average Bonchev–Trinajstić information content (AvgIpc) is 3.62. The normalized spacial score (nSPS) is 18.5. The van der Waals surface area contributed by atoms with Crippen LogP contribution < -0.4 is 5.32 Å². The van der Waals surface area contributed by atoms with E-state index in [2.05, 4.69) is 58.9 Å². The fraction of sp³-hybridized carbons (Fsp3) is 0.290. The predicted molar refractivity (Wildman–Crippen MR) is 176 cm³/mol. The standard InChI is InChI=1S/C31H29BrIN7O3/c1-16-5-8-26(32)35-30(16)36-31(43)25-9-17(2)29(33)40(25)28(42)15-38-14-23(19(4)41)22-11-20(6-7-24(22)38)21-12-34-27-10-18(3)37-39(27)13-21/h5-8,10-14,17,25,29H,9,15H2,1-4H3,(H,35,36,43)/t17-,25-,29-/m0/s1. The molecule has 1 aliphatic heterocycles. The van der Waals surface area contributed by atoms with E-state index in [1.54, 1.807) is 26.4 Å². The zero-order valence-electron chi connectivity index (χ0n) is 24.0. The first-order valence-corrected chi connectivity index (χ1v) is 15.9. The summed E-state index contributed by atoms with van der Waals surface area (Å²) in [6.45, 7) is 7.35. The Kier molecular flexibility index (Phi) is 7.84. The van der Waals surface area contributed by atoms with Crippen molar-refractivity contribution in [2.75, 3.05) is 5.32 Å². The van der Waals surface area contributed by atoms with Gasteiger partial charge in [-0.3, -0.25) is 14.4 Å². The second-order valence-electron chi connectivity index (χ2n) is 11.1. The van der Waals surface area contributed by atoms with Gasteiger partial charge in [0.25, 0.3) is 0 Å². The third-order valence-electron chi connectivity index (χ3n) is 7.90. The van der Waals surface area contributed by atoms with Crippen LogP contribution in [0.25, 0.3) is 27.7 Å². The number of aromatic nitrogens is 5. The van der Waals surface area contributed by atoms with Gasteiger partial charge in [0, 0.05) is 46.7 Å². The average molecular weight is 754 g/mol.